The van der Waals surface area contributed by atoms with Crippen LogP contribution in [-0.4, -0.2) is 34.8 Å². The molecule has 0 amide bonds. The SMILES string of the molecule is CC(C)C1CCCN1CC(=O)c1c[nH]c2ccccc12. The molecule has 1 aliphatic rings. The van der Waals surface area contributed by atoms with Crippen molar-refractivity contribution >= 4 is 16.7 Å². The van der Waals surface area contributed by atoms with E-state index in [1.807, 2.05) is 30.5 Å². The number of Topliss-reactive ketones (excluding diaryl/α,β-unsaturated/α-hetero) is 1. The minimum Gasteiger partial charge on any atom is -0.360 e. The van der Waals surface area contributed by atoms with Crippen LogP contribution in [0, 0.1) is 5.92 Å². The molecular formula is C17H22N2O. The molecule has 1 N–H and O–H groups in total. The quantitative estimate of drug-likeness (QED) is 0.864. The molecule has 0 spiro atoms. The van der Waals surface area contributed by atoms with Crippen molar-refractivity contribution in [1.82, 2.24) is 9.88 Å². The highest BCUT2D eigenvalue weighted by Crippen LogP contribution is 2.25. The molecule has 1 unspecified atom stereocenters. The van der Waals surface area contributed by atoms with Crippen LogP contribution in [0.4, 0.5) is 0 Å². The molecule has 0 saturated carbocycles. The van der Waals surface area contributed by atoms with Crippen LogP contribution in [-0.2, 0) is 0 Å². The lowest BCUT2D eigenvalue weighted by molar-refractivity contribution is 0.0905. The lowest BCUT2D eigenvalue weighted by atomic mass is 10.0. The Kier molecular flexibility index (Phi) is 3.62. The van der Waals surface area contributed by atoms with E-state index in [1.165, 1.54) is 12.8 Å². The number of H-pyrrole nitrogens is 1. The summed E-state index contributed by atoms with van der Waals surface area (Å²) in [5.74, 6) is 0.850. The van der Waals surface area contributed by atoms with Gasteiger partial charge in [0, 0.05) is 28.7 Å². The fourth-order valence-corrected chi connectivity index (χ4v) is 3.38. The molecule has 1 aromatic heterocycles. The summed E-state index contributed by atoms with van der Waals surface area (Å²) >= 11 is 0. The van der Waals surface area contributed by atoms with E-state index in [9.17, 15) is 4.79 Å². The number of carbonyl (C=O) groups excluding carboxylic acids is 1. The fraction of sp³-hybridized carbons (Fsp3) is 0.471. The third kappa shape index (κ3) is 2.38. The molecule has 1 saturated heterocycles. The Labute approximate surface area is 120 Å². The smallest absolute Gasteiger partial charge is 0.178 e. The van der Waals surface area contributed by atoms with Gasteiger partial charge in [0.2, 0.25) is 0 Å². The molecule has 1 aliphatic heterocycles. The van der Waals surface area contributed by atoms with Crippen molar-refractivity contribution in [2.75, 3.05) is 13.1 Å². The summed E-state index contributed by atoms with van der Waals surface area (Å²) in [7, 11) is 0. The maximum absolute atomic E-state index is 12.6. The van der Waals surface area contributed by atoms with Gasteiger partial charge in [-0.05, 0) is 31.4 Å². The van der Waals surface area contributed by atoms with Gasteiger partial charge in [-0.3, -0.25) is 9.69 Å². The molecule has 1 aromatic carbocycles. The Morgan fingerprint density at radius 3 is 3.00 bits per heavy atom. The molecule has 3 rings (SSSR count). The van der Waals surface area contributed by atoms with Gasteiger partial charge in [0.15, 0.2) is 5.78 Å². The van der Waals surface area contributed by atoms with Crippen LogP contribution in [0.2, 0.25) is 0 Å². The average Bonchev–Trinajstić information content (AvgIpc) is 3.04. The van der Waals surface area contributed by atoms with Crippen molar-refractivity contribution in [2.45, 2.75) is 32.7 Å². The molecule has 3 heteroatoms. The second kappa shape index (κ2) is 5.41. The van der Waals surface area contributed by atoms with E-state index in [0.29, 0.717) is 18.5 Å². The summed E-state index contributed by atoms with van der Waals surface area (Å²) in [5.41, 5.74) is 1.87. The van der Waals surface area contributed by atoms with E-state index in [4.69, 9.17) is 0 Å². The van der Waals surface area contributed by atoms with Crippen molar-refractivity contribution in [1.29, 1.82) is 0 Å². The van der Waals surface area contributed by atoms with E-state index in [-0.39, 0.29) is 5.78 Å². The number of rotatable bonds is 4. The first-order valence-corrected chi connectivity index (χ1v) is 7.50. The number of ketones is 1. The predicted octanol–water partition coefficient (Wildman–Crippen LogP) is 3.47. The lowest BCUT2D eigenvalue weighted by Gasteiger charge is -2.26. The molecule has 20 heavy (non-hydrogen) atoms. The third-order valence-electron chi connectivity index (χ3n) is 4.42. The highest BCUT2D eigenvalue weighted by atomic mass is 16.1. The summed E-state index contributed by atoms with van der Waals surface area (Å²) < 4.78 is 0. The summed E-state index contributed by atoms with van der Waals surface area (Å²) in [6.07, 6.45) is 4.29. The van der Waals surface area contributed by atoms with E-state index in [2.05, 4.69) is 23.7 Å². The van der Waals surface area contributed by atoms with Gasteiger partial charge in [-0.1, -0.05) is 32.0 Å². The van der Waals surface area contributed by atoms with Gasteiger partial charge in [-0.15, -0.1) is 0 Å². The van der Waals surface area contributed by atoms with Gasteiger partial charge >= 0.3 is 0 Å². The van der Waals surface area contributed by atoms with Gasteiger partial charge < -0.3 is 4.98 Å². The predicted molar refractivity (Wildman–Crippen MR) is 82.1 cm³/mol. The Bertz CT molecular complexity index is 614. The standard InChI is InChI=1S/C17H22N2O/c1-12(2)16-8-5-9-19(16)11-17(20)14-10-18-15-7-4-3-6-13(14)15/h3-4,6-7,10,12,16,18H,5,8-9,11H2,1-2H3. The lowest BCUT2D eigenvalue weighted by Crippen LogP contribution is -2.37. The zero-order valence-corrected chi connectivity index (χ0v) is 12.2. The Morgan fingerprint density at radius 2 is 2.20 bits per heavy atom. The summed E-state index contributed by atoms with van der Waals surface area (Å²) in [6, 6.07) is 8.56. The van der Waals surface area contributed by atoms with Crippen LogP contribution >= 0.6 is 0 Å². The van der Waals surface area contributed by atoms with Crippen molar-refractivity contribution in [3.8, 4) is 0 Å². The number of fused-ring (bicyclic) bond motifs is 1. The van der Waals surface area contributed by atoms with Crippen LogP contribution in [0.25, 0.3) is 10.9 Å². The molecule has 1 atom stereocenters. The largest absolute Gasteiger partial charge is 0.360 e. The number of carbonyl (C=O) groups is 1. The van der Waals surface area contributed by atoms with Gasteiger partial charge in [0.1, 0.15) is 0 Å². The molecular weight excluding hydrogens is 248 g/mol. The van der Waals surface area contributed by atoms with Crippen molar-refractivity contribution in [3.05, 3.63) is 36.0 Å². The van der Waals surface area contributed by atoms with E-state index in [1.54, 1.807) is 0 Å². The minimum absolute atomic E-state index is 0.231. The topological polar surface area (TPSA) is 36.1 Å². The first-order valence-electron chi connectivity index (χ1n) is 7.50. The van der Waals surface area contributed by atoms with Gasteiger partial charge in [-0.25, -0.2) is 0 Å². The van der Waals surface area contributed by atoms with Crippen LogP contribution in [0.3, 0.4) is 0 Å². The van der Waals surface area contributed by atoms with Crippen molar-refractivity contribution in [3.63, 3.8) is 0 Å². The zero-order chi connectivity index (χ0) is 14.1. The minimum atomic E-state index is 0.231. The number of likely N-dealkylation sites (tertiary alicyclic amines) is 1. The average molecular weight is 270 g/mol. The molecule has 2 aromatic rings. The Balaban J connectivity index is 1.79. The number of nitrogens with one attached hydrogen (secondary N) is 1. The van der Waals surface area contributed by atoms with Gasteiger partial charge in [0.05, 0.1) is 6.54 Å². The number of aromatic nitrogens is 1. The summed E-state index contributed by atoms with van der Waals surface area (Å²) in [6.45, 7) is 6.10. The van der Waals surface area contributed by atoms with E-state index >= 15 is 0 Å². The fourth-order valence-electron chi connectivity index (χ4n) is 3.38. The highest BCUT2D eigenvalue weighted by Gasteiger charge is 2.29. The second-order valence-electron chi connectivity index (χ2n) is 6.10. The number of benzene rings is 1. The molecule has 0 radical (unpaired) electrons. The van der Waals surface area contributed by atoms with Crippen LogP contribution in [0.1, 0.15) is 37.0 Å². The normalized spacial score (nSPS) is 20.1. The van der Waals surface area contributed by atoms with Gasteiger partial charge in [-0.2, -0.15) is 0 Å². The molecule has 1 fully saturated rings. The molecule has 2 heterocycles. The summed E-state index contributed by atoms with van der Waals surface area (Å²) in [5, 5.41) is 1.04. The first-order chi connectivity index (χ1) is 9.66. The number of hydrogen-bond donors (Lipinski definition) is 1. The van der Waals surface area contributed by atoms with E-state index in [0.717, 1.165) is 23.0 Å². The highest BCUT2D eigenvalue weighted by molar-refractivity contribution is 6.08. The van der Waals surface area contributed by atoms with Crippen LogP contribution < -0.4 is 0 Å². The van der Waals surface area contributed by atoms with Gasteiger partial charge in [0.25, 0.3) is 0 Å². The molecule has 0 bridgehead atoms. The maximum atomic E-state index is 12.6. The van der Waals surface area contributed by atoms with Crippen LogP contribution in [0.15, 0.2) is 30.5 Å². The number of nitrogens with zero attached hydrogens (tertiary/aromatic N) is 1. The number of para-hydroxylation sites is 1. The second-order valence-corrected chi connectivity index (χ2v) is 6.10. The van der Waals surface area contributed by atoms with E-state index < -0.39 is 0 Å². The van der Waals surface area contributed by atoms with Crippen molar-refractivity contribution < 1.29 is 4.79 Å². The Hall–Kier alpha value is -1.61. The maximum Gasteiger partial charge on any atom is 0.178 e. The monoisotopic (exact) mass is 270 g/mol. The third-order valence-corrected chi connectivity index (χ3v) is 4.42. The number of hydrogen-bond acceptors (Lipinski definition) is 2. The molecule has 3 nitrogen and oxygen atoms in total. The van der Waals surface area contributed by atoms with Crippen LogP contribution in [0.5, 0.6) is 0 Å². The Morgan fingerprint density at radius 1 is 1.40 bits per heavy atom. The number of aromatic amines is 1. The van der Waals surface area contributed by atoms with Crippen molar-refractivity contribution in [2.24, 2.45) is 5.92 Å². The molecule has 0 aliphatic carbocycles. The molecule has 106 valence electrons. The zero-order valence-electron chi connectivity index (χ0n) is 12.2. The first kappa shape index (κ1) is 13.4. The summed E-state index contributed by atoms with van der Waals surface area (Å²) in [4.78, 5) is 18.1.